The van der Waals surface area contributed by atoms with Crippen LogP contribution in [0.15, 0.2) is 18.2 Å². The number of benzene rings is 1. The number of anilines is 1. The molecule has 0 bridgehead atoms. The van der Waals surface area contributed by atoms with Crippen molar-refractivity contribution in [2.24, 2.45) is 0 Å². The summed E-state index contributed by atoms with van der Waals surface area (Å²) in [5.41, 5.74) is -0.467. The van der Waals surface area contributed by atoms with Gasteiger partial charge < -0.3 is 4.90 Å². The summed E-state index contributed by atoms with van der Waals surface area (Å²) in [5, 5.41) is 0.720. The smallest absolute Gasteiger partial charge is 0.340 e. The fraction of sp³-hybridized carbons (Fsp3) is 0.333. The van der Waals surface area contributed by atoms with E-state index in [-0.39, 0.29) is 17.9 Å². The van der Waals surface area contributed by atoms with E-state index in [1.54, 1.807) is 0 Å². The van der Waals surface area contributed by atoms with E-state index in [2.05, 4.69) is 0 Å². The highest BCUT2D eigenvalue weighted by molar-refractivity contribution is 6.39. The van der Waals surface area contributed by atoms with E-state index in [0.29, 0.717) is 0 Å². The average molecular weight is 288 g/mol. The van der Waals surface area contributed by atoms with Crippen LogP contribution in [0.3, 0.4) is 0 Å². The molecule has 0 aliphatic carbocycles. The first kappa shape index (κ1) is 14.3. The van der Waals surface area contributed by atoms with E-state index >= 15 is 0 Å². The molecule has 0 unspecified atom stereocenters. The molecule has 0 radical (unpaired) electrons. The number of rotatable bonds is 0. The standard InChI is InChI=1S/C12H11F3N2O3/c1-16(2)10(18)11(19)17-9-4-3-8(12(13,14)15)5-7(9)6-20-17/h3-5H,6H2,1-2H3. The zero-order valence-electron chi connectivity index (χ0n) is 10.7. The van der Waals surface area contributed by atoms with Crippen LogP contribution in [0.1, 0.15) is 11.1 Å². The minimum Gasteiger partial charge on any atom is -0.340 e. The number of hydrogen-bond acceptors (Lipinski definition) is 3. The number of fused-ring (bicyclic) bond motifs is 1. The van der Waals surface area contributed by atoms with Crippen LogP contribution in [0.25, 0.3) is 0 Å². The molecule has 1 aromatic carbocycles. The SMILES string of the molecule is CN(C)C(=O)C(=O)N1OCc2cc(C(F)(F)F)ccc21. The van der Waals surface area contributed by atoms with Crippen LogP contribution >= 0.6 is 0 Å². The highest BCUT2D eigenvalue weighted by Gasteiger charge is 2.35. The molecule has 2 rings (SSSR count). The van der Waals surface area contributed by atoms with Crippen molar-refractivity contribution in [3.63, 3.8) is 0 Å². The van der Waals surface area contributed by atoms with E-state index in [1.165, 1.54) is 14.1 Å². The lowest BCUT2D eigenvalue weighted by atomic mass is 10.1. The molecule has 1 aromatic rings. The van der Waals surface area contributed by atoms with Gasteiger partial charge in [0.15, 0.2) is 0 Å². The van der Waals surface area contributed by atoms with Crippen molar-refractivity contribution < 1.29 is 27.6 Å². The van der Waals surface area contributed by atoms with Crippen molar-refractivity contribution in [3.8, 4) is 0 Å². The van der Waals surface area contributed by atoms with Crippen molar-refractivity contribution in [1.29, 1.82) is 0 Å². The quantitative estimate of drug-likeness (QED) is 0.681. The summed E-state index contributed by atoms with van der Waals surface area (Å²) in [6.45, 7) is -0.189. The molecule has 0 N–H and O–H groups in total. The fourth-order valence-corrected chi connectivity index (χ4v) is 1.73. The summed E-state index contributed by atoms with van der Waals surface area (Å²) in [5.74, 6) is -1.77. The summed E-state index contributed by atoms with van der Waals surface area (Å²) in [6.07, 6.45) is -4.47. The summed E-state index contributed by atoms with van der Waals surface area (Å²) in [7, 11) is 2.79. The topological polar surface area (TPSA) is 49.9 Å². The summed E-state index contributed by atoms with van der Waals surface area (Å²) < 4.78 is 37.7. The molecule has 0 atom stereocenters. The lowest BCUT2D eigenvalue weighted by Crippen LogP contribution is -2.40. The van der Waals surface area contributed by atoms with Gasteiger partial charge in [-0.2, -0.15) is 18.2 Å². The Morgan fingerprint density at radius 2 is 1.95 bits per heavy atom. The number of alkyl halides is 3. The molecule has 1 aliphatic heterocycles. The molecule has 0 fully saturated rings. The first-order valence-corrected chi connectivity index (χ1v) is 5.60. The van der Waals surface area contributed by atoms with Crippen molar-refractivity contribution in [2.45, 2.75) is 12.8 Å². The number of likely N-dealkylation sites (N-methyl/N-ethyl adjacent to an activating group) is 1. The van der Waals surface area contributed by atoms with Gasteiger partial charge in [0.1, 0.15) is 6.61 Å². The fourth-order valence-electron chi connectivity index (χ4n) is 1.73. The van der Waals surface area contributed by atoms with E-state index in [1.807, 2.05) is 0 Å². The van der Waals surface area contributed by atoms with Gasteiger partial charge in [0.05, 0.1) is 11.3 Å². The van der Waals surface area contributed by atoms with E-state index in [0.717, 1.165) is 28.2 Å². The first-order chi connectivity index (χ1) is 9.21. The number of hydroxylamine groups is 1. The number of amides is 2. The second kappa shape index (κ2) is 4.78. The minimum atomic E-state index is -4.47. The Kier molecular flexibility index (Phi) is 3.43. The Hall–Kier alpha value is -2.09. The Bertz CT molecular complexity index is 570. The Morgan fingerprint density at radius 1 is 1.30 bits per heavy atom. The van der Waals surface area contributed by atoms with Crippen molar-refractivity contribution in [3.05, 3.63) is 29.3 Å². The van der Waals surface area contributed by atoms with Crippen LogP contribution in [0.2, 0.25) is 0 Å². The second-order valence-electron chi connectivity index (χ2n) is 4.41. The molecule has 5 nitrogen and oxygen atoms in total. The Morgan fingerprint density at radius 3 is 2.50 bits per heavy atom. The number of carbonyl (C=O) groups excluding carboxylic acids is 2. The maximum absolute atomic E-state index is 12.6. The van der Waals surface area contributed by atoms with Gasteiger partial charge in [0.2, 0.25) is 0 Å². The average Bonchev–Trinajstić information content (AvgIpc) is 2.78. The molecule has 0 saturated heterocycles. The van der Waals surface area contributed by atoms with Gasteiger partial charge in [-0.1, -0.05) is 0 Å². The Balaban J connectivity index is 2.31. The van der Waals surface area contributed by atoms with Crippen molar-refractivity contribution in [2.75, 3.05) is 19.2 Å². The molecule has 0 saturated carbocycles. The molecular formula is C12H11F3N2O3. The molecule has 1 aliphatic rings. The highest BCUT2D eigenvalue weighted by Crippen LogP contribution is 2.36. The van der Waals surface area contributed by atoms with Gasteiger partial charge in [-0.3, -0.25) is 14.4 Å². The predicted octanol–water partition coefficient (Wildman–Crippen LogP) is 1.57. The maximum Gasteiger partial charge on any atom is 0.416 e. The molecule has 2 amide bonds. The highest BCUT2D eigenvalue weighted by atomic mass is 19.4. The zero-order chi connectivity index (χ0) is 15.1. The zero-order valence-corrected chi connectivity index (χ0v) is 10.7. The van der Waals surface area contributed by atoms with E-state index in [4.69, 9.17) is 4.84 Å². The van der Waals surface area contributed by atoms with Gasteiger partial charge >= 0.3 is 18.0 Å². The molecule has 1 heterocycles. The van der Waals surface area contributed by atoms with E-state index in [9.17, 15) is 22.8 Å². The lowest BCUT2D eigenvalue weighted by Gasteiger charge is -2.17. The van der Waals surface area contributed by atoms with E-state index < -0.39 is 23.6 Å². The number of halogens is 3. The van der Waals surface area contributed by atoms with Crippen LogP contribution in [0.5, 0.6) is 0 Å². The molecular weight excluding hydrogens is 277 g/mol. The molecule has 8 heteroatoms. The molecule has 0 aromatic heterocycles. The Labute approximate surface area is 112 Å². The molecule has 0 spiro atoms. The van der Waals surface area contributed by atoms with Gasteiger partial charge in [0.25, 0.3) is 0 Å². The maximum atomic E-state index is 12.6. The number of nitrogens with zero attached hydrogens (tertiary/aromatic N) is 2. The van der Waals surface area contributed by atoms with Crippen LogP contribution in [-0.4, -0.2) is 30.8 Å². The third-order valence-electron chi connectivity index (χ3n) is 2.75. The second-order valence-corrected chi connectivity index (χ2v) is 4.41. The number of carbonyl (C=O) groups is 2. The molecule has 20 heavy (non-hydrogen) atoms. The lowest BCUT2D eigenvalue weighted by molar-refractivity contribution is -0.146. The van der Waals surface area contributed by atoms with Gasteiger partial charge in [0, 0.05) is 19.7 Å². The van der Waals surface area contributed by atoms with Crippen molar-refractivity contribution >= 4 is 17.5 Å². The third-order valence-corrected chi connectivity index (χ3v) is 2.75. The van der Waals surface area contributed by atoms with Crippen LogP contribution in [-0.2, 0) is 27.2 Å². The van der Waals surface area contributed by atoms with Gasteiger partial charge in [-0.25, -0.2) is 0 Å². The summed E-state index contributed by atoms with van der Waals surface area (Å²) in [4.78, 5) is 29.4. The minimum absolute atomic E-state index is 0.151. The summed E-state index contributed by atoms with van der Waals surface area (Å²) >= 11 is 0. The van der Waals surface area contributed by atoms with Crippen molar-refractivity contribution in [1.82, 2.24) is 4.90 Å². The van der Waals surface area contributed by atoms with Crippen LogP contribution in [0, 0.1) is 0 Å². The van der Waals surface area contributed by atoms with Crippen LogP contribution < -0.4 is 5.06 Å². The molecule has 108 valence electrons. The number of hydrogen-bond donors (Lipinski definition) is 0. The largest absolute Gasteiger partial charge is 0.416 e. The third kappa shape index (κ3) is 2.46. The summed E-state index contributed by atoms with van der Waals surface area (Å²) in [6, 6.07) is 2.86. The van der Waals surface area contributed by atoms with Crippen LogP contribution in [0.4, 0.5) is 18.9 Å². The normalized spacial score (nSPS) is 14.2. The van der Waals surface area contributed by atoms with Gasteiger partial charge in [-0.15, -0.1) is 0 Å². The monoisotopic (exact) mass is 288 g/mol. The first-order valence-electron chi connectivity index (χ1n) is 5.60. The van der Waals surface area contributed by atoms with Gasteiger partial charge in [-0.05, 0) is 18.2 Å². The predicted molar refractivity (Wildman–Crippen MR) is 62.4 cm³/mol.